The van der Waals surface area contributed by atoms with E-state index in [1.54, 1.807) is 5.32 Å². The Bertz CT molecular complexity index is 6150. The summed E-state index contributed by atoms with van der Waals surface area (Å²) < 4.78 is 288. The zero-order chi connectivity index (χ0) is 97.2. The number of nitrogens with two attached hydrogens (primary N) is 4. The average Bonchev–Trinajstić information content (AvgIpc) is 1.29. The van der Waals surface area contributed by atoms with Crippen molar-refractivity contribution in [2.24, 2.45) is 11.5 Å². The maximum atomic E-state index is 15.5. The number of halogens is 18. The fraction of sp³-hybridized carbons (Fsp3) is 0.367. The predicted molar refractivity (Wildman–Crippen MR) is 531 cm³/mol. The number of phenolic OH excluding ortho intramolecular Hbond substituents is 2. The maximum absolute atomic E-state index is 15.5. The van der Waals surface area contributed by atoms with E-state index in [1.807, 2.05) is 13.1 Å². The molecule has 0 fully saturated rings. The number of carboxylic acids is 2. The molecule has 0 aromatic heterocycles. The molecule has 0 spiro atoms. The lowest BCUT2D eigenvalue weighted by molar-refractivity contribution is -0.290. The summed E-state index contributed by atoms with van der Waals surface area (Å²) in [7, 11) is -5.30. The number of ether oxygens (including phenoxy) is 2. The van der Waals surface area contributed by atoms with E-state index in [9.17, 15) is 104 Å². The van der Waals surface area contributed by atoms with E-state index >= 15 is 52.7 Å². The van der Waals surface area contributed by atoms with Gasteiger partial charge in [-0.1, -0.05) is 170 Å². The number of aromatic hydroxyl groups is 2. The Kier molecular flexibility index (Phi) is 51.8. The molecule has 6 aliphatic heterocycles. The Morgan fingerprint density at radius 1 is 0.338 bits per heavy atom. The number of nitrogens with one attached hydrogen (secondary N) is 1. The van der Waals surface area contributed by atoms with Crippen LogP contribution in [0, 0.1) is 6.92 Å². The number of fused-ring (bicyclic) bond motifs is 6. The number of carbonyl (C=O) groups is 14. The topological polar surface area (TPSA) is 483 Å². The van der Waals surface area contributed by atoms with Crippen LogP contribution in [0.4, 0.5) is 96.1 Å². The number of amides is 8. The molecule has 14 rings (SSSR count). The van der Waals surface area contributed by atoms with E-state index in [0.29, 0.717) is 78.5 Å². The van der Waals surface area contributed by atoms with Crippen LogP contribution >= 0.6 is 0 Å². The lowest BCUT2D eigenvalue weighted by Crippen LogP contribution is -2.55. The summed E-state index contributed by atoms with van der Waals surface area (Å²) in [5.74, 6) is -19.9. The van der Waals surface area contributed by atoms with Crippen molar-refractivity contribution >= 4 is 117 Å². The minimum atomic E-state index is -6.40. The summed E-state index contributed by atoms with van der Waals surface area (Å²) in [6.07, 6.45) is -37.5. The first-order chi connectivity index (χ1) is 59.8. The van der Waals surface area contributed by atoms with Crippen LogP contribution in [-0.2, 0) is 34.6 Å². The van der Waals surface area contributed by atoms with E-state index in [2.05, 4.69) is 9.47 Å². The molecule has 0 aliphatic carbocycles. The number of aromatic carboxylic acids is 2. The first-order valence-corrected chi connectivity index (χ1v) is 42.7. The standard InChI is InChI=1S/C50H30F12N4O12Si.C19H6F6O6.C7H8N2O3.C4H14N2OSi.18CH4/c1-20-12-21(44(76)77)13-34(35(20)67)66-42(74)29-11-7-25(17-33(29)43(66)75)46(49(57,58)59,50(60,61)62)23-5-9-27-31(15-23)40(72)64(38(27)70)18-78-79(2,3)19-65-39(71)28-10-6-24(16-32(28)41(65)73)45(47(51,52)53,48(54,55)56)22-4-8-26-30(14-22)37(69)63-36(26)68;20-18(21,22)17(19(23,24)25,7-1-3-9-11(5-7)15(28)30-13(9)26)8-2-4-10-12(6-8)16(29)31-14(10)27;8-4-1-3(7(11)12)2-5(9)6(4)10;1-8(2,4-6)7-3-5;;;;;;;;;;;;;;;;;;/h4-17,67H,18-19H2,1-3H3,(H,76,77)(H,63,68,69);1-6H;1-2,10H,8-9H2,(H,11,12);3-6H2,1-2H3;18*1H4. The van der Waals surface area contributed by atoms with Gasteiger partial charge in [-0.3, -0.25) is 53.5 Å². The van der Waals surface area contributed by atoms with Crippen LogP contribution < -0.4 is 33.2 Å². The van der Waals surface area contributed by atoms with Gasteiger partial charge in [-0.2, -0.15) is 79.0 Å². The van der Waals surface area contributed by atoms with Crippen LogP contribution in [-0.4, -0.2) is 193 Å². The van der Waals surface area contributed by atoms with Crippen LogP contribution in [0.3, 0.4) is 0 Å². The third-order valence-electron chi connectivity index (χ3n) is 21.3. The molecule has 6 heterocycles. The fourth-order valence-corrected chi connectivity index (χ4v) is 17.0. The lowest BCUT2D eigenvalue weighted by Gasteiger charge is -2.38. The number of carboxylic acid groups (broad SMARTS) is 2. The predicted octanol–water partition coefficient (Wildman–Crippen LogP) is 23.6. The zero-order valence-electron chi connectivity index (χ0n) is 66.1. The van der Waals surface area contributed by atoms with E-state index < -0.39 is 283 Å². The van der Waals surface area contributed by atoms with Crippen LogP contribution in [0.25, 0.3) is 0 Å². The van der Waals surface area contributed by atoms with Gasteiger partial charge in [0, 0.05) is 12.3 Å². The summed E-state index contributed by atoms with van der Waals surface area (Å²) in [6, 6.07) is 10.2. The highest BCUT2D eigenvalue weighted by Crippen LogP contribution is 2.61. The number of nitrogen functional groups attached to an aromatic ring is 2. The zero-order valence-corrected chi connectivity index (χ0v) is 68.1. The number of alkyl halides is 18. The van der Waals surface area contributed by atoms with Gasteiger partial charge in [0.25, 0.3) is 47.3 Å². The Balaban J connectivity index is -0.000000394. The summed E-state index contributed by atoms with van der Waals surface area (Å²) in [5, 5.41) is 39.5. The van der Waals surface area contributed by atoms with E-state index in [0.717, 1.165) is 18.2 Å². The monoisotopic (exact) mass is 2170 g/mol. The third kappa shape index (κ3) is 25.1. The molecule has 0 unspecified atom stereocenters. The maximum Gasteiger partial charge on any atom is 0.411 e. The number of imide groups is 4. The number of hydrogen-bond acceptors (Lipinski definition) is 24. The first-order valence-electron chi connectivity index (χ1n) is 36.5. The normalized spacial score (nSPS) is 13.4. The number of carbonyl (C=O) groups excluding carboxylic acids is 12. The van der Waals surface area contributed by atoms with Gasteiger partial charge in [0.2, 0.25) is 32.9 Å². The Morgan fingerprint density at radius 2 is 0.601 bits per heavy atom. The van der Waals surface area contributed by atoms with Crippen molar-refractivity contribution in [3.8, 4) is 11.5 Å². The third-order valence-corrected chi connectivity index (χ3v) is 25.2. The van der Waals surface area contributed by atoms with Gasteiger partial charge >= 0.3 is 72.9 Å². The summed E-state index contributed by atoms with van der Waals surface area (Å²) >= 11 is 0. The molecule has 8 amide bonds. The largest absolute Gasteiger partial charge is 0.505 e. The fourth-order valence-electron chi connectivity index (χ4n) is 14.8. The number of aryl methyl sites for hydroxylation is 1. The Hall–Kier alpha value is -14.2. The number of anilines is 3. The minimum absolute atomic E-state index is 0. The van der Waals surface area contributed by atoms with Gasteiger partial charge in [0.15, 0.2) is 5.75 Å². The molecule has 0 bridgehead atoms. The van der Waals surface area contributed by atoms with Crippen molar-refractivity contribution in [1.29, 1.82) is 0 Å². The molecule has 30 nitrogen and oxygen atoms in total. The number of benzene rings is 8. The number of esters is 4. The van der Waals surface area contributed by atoms with Crippen LogP contribution in [0.1, 0.15) is 318 Å². The second kappa shape index (κ2) is 51.4. The summed E-state index contributed by atoms with van der Waals surface area (Å²) in [4.78, 5) is 176. The van der Waals surface area contributed by atoms with Gasteiger partial charge < -0.3 is 61.7 Å². The van der Waals surface area contributed by atoms with Crippen LogP contribution in [0.2, 0.25) is 26.2 Å². The van der Waals surface area contributed by atoms with Gasteiger partial charge in [0.05, 0.1) is 102 Å². The highest BCUT2D eigenvalue weighted by Gasteiger charge is 2.76. The summed E-state index contributed by atoms with van der Waals surface area (Å²) in [6.45, 7) is 6.91. The van der Waals surface area contributed by atoms with Gasteiger partial charge in [-0.25, -0.2) is 33.7 Å². The molecular formula is C98H130F18N8O22Si2. The van der Waals surface area contributed by atoms with Crippen LogP contribution in [0.15, 0.2) is 133 Å². The number of cyclic esters (lactones) is 4. The van der Waals surface area contributed by atoms with Gasteiger partial charge in [-0.15, -0.1) is 0 Å². The number of rotatable bonds is 17. The molecule has 6 aliphatic rings. The van der Waals surface area contributed by atoms with E-state index in [4.69, 9.17) is 42.0 Å². The van der Waals surface area contributed by atoms with Gasteiger partial charge in [0.1, 0.15) is 12.5 Å². The average molecular weight is 2170 g/mol. The van der Waals surface area contributed by atoms with Gasteiger partial charge in [-0.05, 0) is 169 Å². The smallest absolute Gasteiger partial charge is 0.411 e. The minimum Gasteiger partial charge on any atom is -0.505 e. The highest BCUT2D eigenvalue weighted by atomic mass is 28.4. The van der Waals surface area contributed by atoms with Crippen molar-refractivity contribution in [3.05, 3.63) is 250 Å². The molecule has 0 saturated carbocycles. The second-order valence-corrected chi connectivity index (χ2v) is 38.5. The molecule has 828 valence electrons. The number of phenols is 2. The number of nitrogens with zero attached hydrogens (tertiary/aromatic N) is 3. The molecule has 0 atom stereocenters. The molecule has 8 aromatic rings. The molecule has 0 saturated heterocycles. The van der Waals surface area contributed by atoms with Crippen molar-refractivity contribution in [3.63, 3.8) is 0 Å². The quantitative estimate of drug-likeness (QED) is 0.00597. The Labute approximate surface area is 848 Å². The Morgan fingerprint density at radius 3 is 0.919 bits per heavy atom. The van der Waals surface area contributed by atoms with Crippen molar-refractivity contribution in [2.75, 3.05) is 42.2 Å². The molecule has 0 radical (unpaired) electrons. The van der Waals surface area contributed by atoms with Crippen molar-refractivity contribution in [2.45, 2.75) is 220 Å². The molecule has 13 N–H and O–H groups in total. The summed E-state index contributed by atoms with van der Waals surface area (Å²) in [5.41, 5.74) is -14.0. The first kappa shape index (κ1) is 149. The molecular weight excluding hydrogens is 2040 g/mol. The SMILES string of the molecule is C.C.C.C.C.C.C.C.C.C.C.C.C.C.C.C.C.C.C[Si](C)(CN)OCN.Cc1cc(C(=O)O)cc(N2C(=O)c3ccc(C(c4ccc5c(c4)C(=O)N(CO[Si](C)(C)CN4C(=O)c6ccc(C(c7ccc8c(c7)C(=O)NC8=O)(C(F)(F)F)C(F)(F)F)cc6C4=O)C5=O)(C(F)(F)F)C(F)(F)F)cc3C2=O)c1O.Nc1cc(C(=O)O)cc(N)c1O.O=C1OC(=O)c2cc(C(c3ccc4c(c3)C(=O)OC4=O)(C(F)(F)F)C(F)(F)F)ccc21. The van der Waals surface area contributed by atoms with Crippen molar-refractivity contribution in [1.82, 2.24) is 15.1 Å². The molecule has 148 heavy (non-hydrogen) atoms. The van der Waals surface area contributed by atoms with Crippen LogP contribution in [0.5, 0.6) is 11.5 Å². The number of hydrogen-bond donors (Lipinski definition) is 9. The molecule has 8 aromatic carbocycles. The molecule has 50 heteroatoms. The second-order valence-electron chi connectivity index (χ2n) is 30.2. The highest BCUT2D eigenvalue weighted by molar-refractivity contribution is 6.72. The van der Waals surface area contributed by atoms with E-state index in [-0.39, 0.29) is 226 Å². The van der Waals surface area contributed by atoms with Crippen molar-refractivity contribution < 1.29 is 185 Å². The van der Waals surface area contributed by atoms with E-state index in [1.165, 1.54) is 20.0 Å². The lowest BCUT2D eigenvalue weighted by atomic mass is 9.71.